The number of nitrogens with zero attached hydrogens (tertiary/aromatic N) is 1. The lowest BCUT2D eigenvalue weighted by atomic mass is 10.1. The van der Waals surface area contributed by atoms with Crippen LogP contribution < -0.4 is 14.9 Å². The van der Waals surface area contributed by atoms with E-state index >= 15 is 0 Å². The first-order valence-electron chi connectivity index (χ1n) is 10.6. The van der Waals surface area contributed by atoms with E-state index in [1.54, 1.807) is 47.7 Å². The molecule has 1 saturated heterocycles. The van der Waals surface area contributed by atoms with Crippen LogP contribution in [-0.2, 0) is 10.0 Å². The number of carbonyl (C=O) groups is 1. The van der Waals surface area contributed by atoms with Crippen molar-refractivity contribution in [2.45, 2.75) is 37.8 Å². The second-order valence-corrected chi connectivity index (χ2v) is 10.9. The van der Waals surface area contributed by atoms with Gasteiger partial charge in [0.25, 0.3) is 10.0 Å². The van der Waals surface area contributed by atoms with Gasteiger partial charge in [-0.2, -0.15) is 0 Å². The van der Waals surface area contributed by atoms with Gasteiger partial charge in [0.1, 0.15) is 0 Å². The highest BCUT2D eigenvalue weighted by Gasteiger charge is 2.23. The van der Waals surface area contributed by atoms with E-state index in [2.05, 4.69) is 28.8 Å². The van der Waals surface area contributed by atoms with Gasteiger partial charge in [-0.3, -0.25) is 9.52 Å². The van der Waals surface area contributed by atoms with Crippen molar-refractivity contribution in [3.05, 3.63) is 65.5 Å². The Morgan fingerprint density at radius 1 is 1.06 bits per heavy atom. The van der Waals surface area contributed by atoms with Gasteiger partial charge in [0, 0.05) is 41.3 Å². The number of ketones is 1. The first-order valence-corrected chi connectivity index (χ1v) is 12.9. The third-order valence-corrected chi connectivity index (χ3v) is 7.82. The summed E-state index contributed by atoms with van der Waals surface area (Å²) in [6.07, 6.45) is 0. The van der Waals surface area contributed by atoms with Crippen LogP contribution in [0.4, 0.5) is 11.4 Å². The van der Waals surface area contributed by atoms with Crippen LogP contribution in [0.2, 0.25) is 0 Å². The fraction of sp³-hybridized carbons (Fsp3) is 0.292. The molecule has 8 heteroatoms. The summed E-state index contributed by atoms with van der Waals surface area (Å²) in [5.41, 5.74) is 2.51. The molecule has 1 fully saturated rings. The van der Waals surface area contributed by atoms with Gasteiger partial charge >= 0.3 is 0 Å². The van der Waals surface area contributed by atoms with Crippen LogP contribution in [0.1, 0.15) is 31.1 Å². The summed E-state index contributed by atoms with van der Waals surface area (Å²) < 4.78 is 28.9. The monoisotopic (exact) mass is 469 g/mol. The predicted molar refractivity (Wildman–Crippen MR) is 131 cm³/mol. The predicted octanol–water partition coefficient (Wildman–Crippen LogP) is 4.61. The quantitative estimate of drug-likeness (QED) is 0.516. The maximum atomic E-state index is 13.1. The summed E-state index contributed by atoms with van der Waals surface area (Å²) in [5.74, 6) is -0.190. The van der Waals surface area contributed by atoms with Crippen LogP contribution in [-0.4, -0.2) is 39.4 Å². The van der Waals surface area contributed by atoms with E-state index in [9.17, 15) is 13.2 Å². The van der Waals surface area contributed by atoms with Crippen molar-refractivity contribution < 1.29 is 13.2 Å². The van der Waals surface area contributed by atoms with Gasteiger partial charge in [-0.1, -0.05) is 18.2 Å². The molecule has 2 aromatic carbocycles. The van der Waals surface area contributed by atoms with E-state index in [1.165, 1.54) is 6.92 Å². The Morgan fingerprint density at radius 3 is 2.34 bits per heavy atom. The van der Waals surface area contributed by atoms with Crippen molar-refractivity contribution in [2.24, 2.45) is 0 Å². The number of Topliss-reactive ketones (excluding diaryl/α,β-unsaturated/α-hetero) is 1. The topological polar surface area (TPSA) is 78.5 Å². The number of thiophene rings is 1. The lowest BCUT2D eigenvalue weighted by molar-refractivity contribution is 0.101. The molecule has 168 valence electrons. The van der Waals surface area contributed by atoms with Crippen molar-refractivity contribution in [1.82, 2.24) is 5.32 Å². The normalized spacial score (nSPS) is 19.0. The van der Waals surface area contributed by atoms with Gasteiger partial charge < -0.3 is 10.2 Å². The number of benzene rings is 2. The van der Waals surface area contributed by atoms with E-state index in [-0.39, 0.29) is 10.7 Å². The summed E-state index contributed by atoms with van der Waals surface area (Å²) in [5, 5.41) is 5.47. The lowest BCUT2D eigenvalue weighted by Gasteiger charge is -2.38. The summed E-state index contributed by atoms with van der Waals surface area (Å²) in [7, 11) is -3.85. The van der Waals surface area contributed by atoms with Crippen LogP contribution in [0.25, 0.3) is 10.4 Å². The van der Waals surface area contributed by atoms with E-state index in [4.69, 9.17) is 0 Å². The molecule has 32 heavy (non-hydrogen) atoms. The SMILES string of the molecule is CC(=O)c1ccc(N2C[C@@H](C)N[C@@H](C)C2)cc1NS(=O)(=O)c1ccc(-c2cccs2)cc1. The maximum Gasteiger partial charge on any atom is 0.261 e. The molecule has 1 aliphatic heterocycles. The zero-order chi connectivity index (χ0) is 22.9. The molecule has 0 aliphatic carbocycles. The average Bonchev–Trinajstić information content (AvgIpc) is 3.27. The lowest BCUT2D eigenvalue weighted by Crippen LogP contribution is -2.54. The minimum atomic E-state index is -3.85. The Balaban J connectivity index is 1.63. The number of hydrogen-bond acceptors (Lipinski definition) is 6. The largest absolute Gasteiger partial charge is 0.368 e. The number of piperazine rings is 1. The molecule has 4 rings (SSSR count). The van der Waals surface area contributed by atoms with Crippen LogP contribution in [0.3, 0.4) is 0 Å². The number of anilines is 2. The Kier molecular flexibility index (Phi) is 6.37. The van der Waals surface area contributed by atoms with Crippen LogP contribution in [0.5, 0.6) is 0 Å². The fourth-order valence-corrected chi connectivity index (χ4v) is 5.91. The second kappa shape index (κ2) is 9.05. The summed E-state index contributed by atoms with van der Waals surface area (Å²) in [6, 6.07) is 16.7. The third kappa shape index (κ3) is 4.87. The van der Waals surface area contributed by atoms with Crippen molar-refractivity contribution in [3.63, 3.8) is 0 Å². The zero-order valence-corrected chi connectivity index (χ0v) is 20.0. The van der Waals surface area contributed by atoms with Gasteiger partial charge in [-0.15, -0.1) is 11.3 Å². The number of hydrogen-bond donors (Lipinski definition) is 2. The summed E-state index contributed by atoms with van der Waals surface area (Å²) in [4.78, 5) is 15.6. The molecule has 3 aromatic rings. The molecule has 0 unspecified atom stereocenters. The molecule has 2 N–H and O–H groups in total. The van der Waals surface area contributed by atoms with Gasteiger partial charge in [-0.25, -0.2) is 8.42 Å². The number of rotatable bonds is 6. The fourth-order valence-electron chi connectivity index (χ4n) is 4.10. The zero-order valence-electron chi connectivity index (χ0n) is 18.3. The number of carbonyl (C=O) groups excluding carboxylic acids is 1. The van der Waals surface area contributed by atoms with E-state index in [0.717, 1.165) is 29.2 Å². The second-order valence-electron chi connectivity index (χ2n) is 8.27. The van der Waals surface area contributed by atoms with Gasteiger partial charge in [0.05, 0.1) is 10.6 Å². The molecule has 6 nitrogen and oxygen atoms in total. The molecule has 2 heterocycles. The molecular formula is C24H27N3O3S2. The molecule has 2 atom stereocenters. The first kappa shape index (κ1) is 22.5. The van der Waals surface area contributed by atoms with Crippen molar-refractivity contribution >= 4 is 38.5 Å². The van der Waals surface area contributed by atoms with Crippen LogP contribution >= 0.6 is 11.3 Å². The van der Waals surface area contributed by atoms with Crippen LogP contribution in [0.15, 0.2) is 64.9 Å². The highest BCUT2D eigenvalue weighted by Crippen LogP contribution is 2.29. The minimum absolute atomic E-state index is 0.155. The molecule has 0 spiro atoms. The molecule has 1 aliphatic rings. The third-order valence-electron chi connectivity index (χ3n) is 5.52. The highest BCUT2D eigenvalue weighted by atomic mass is 32.2. The molecule has 0 saturated carbocycles. The Morgan fingerprint density at radius 2 is 1.75 bits per heavy atom. The minimum Gasteiger partial charge on any atom is -0.368 e. The van der Waals surface area contributed by atoms with Crippen LogP contribution in [0, 0.1) is 0 Å². The summed E-state index contributed by atoms with van der Waals surface area (Å²) >= 11 is 1.60. The Bertz CT molecular complexity index is 1200. The number of nitrogens with one attached hydrogen (secondary N) is 2. The molecular weight excluding hydrogens is 442 g/mol. The Labute approximate surface area is 193 Å². The van der Waals surface area contributed by atoms with Gasteiger partial charge in [-0.05, 0) is 68.1 Å². The maximum absolute atomic E-state index is 13.1. The molecule has 0 amide bonds. The van der Waals surface area contributed by atoms with Gasteiger partial charge in [0.15, 0.2) is 5.78 Å². The summed E-state index contributed by atoms with van der Waals surface area (Å²) in [6.45, 7) is 7.30. The molecule has 0 bridgehead atoms. The average molecular weight is 470 g/mol. The van der Waals surface area contributed by atoms with Crippen molar-refractivity contribution in [2.75, 3.05) is 22.7 Å². The van der Waals surface area contributed by atoms with E-state index < -0.39 is 10.0 Å². The standard InChI is InChI=1S/C24H27N3O3S2/c1-16-14-27(15-17(2)25-16)20-8-11-22(18(3)28)23(13-20)26-32(29,30)21-9-6-19(7-10-21)24-5-4-12-31-24/h4-13,16-17,25-26H,14-15H2,1-3H3/t16-,17+. The Hall–Kier alpha value is -2.68. The first-order chi connectivity index (χ1) is 15.2. The van der Waals surface area contributed by atoms with E-state index in [1.807, 2.05) is 23.6 Å². The molecule has 1 aromatic heterocycles. The number of sulfonamides is 1. The molecule has 0 radical (unpaired) electrons. The highest BCUT2D eigenvalue weighted by molar-refractivity contribution is 7.92. The van der Waals surface area contributed by atoms with Crippen molar-refractivity contribution in [3.8, 4) is 10.4 Å². The van der Waals surface area contributed by atoms with Gasteiger partial charge in [0.2, 0.25) is 0 Å². The smallest absolute Gasteiger partial charge is 0.261 e. The van der Waals surface area contributed by atoms with E-state index in [0.29, 0.717) is 23.3 Å². The van der Waals surface area contributed by atoms with Crippen molar-refractivity contribution in [1.29, 1.82) is 0 Å².